The quantitative estimate of drug-likeness (QED) is 0.239. The predicted molar refractivity (Wildman–Crippen MR) is 77.6 cm³/mol. The molecule has 0 fully saturated rings. The average molecular weight is 273 g/mol. The summed E-state index contributed by atoms with van der Waals surface area (Å²) >= 11 is 0. The summed E-state index contributed by atoms with van der Waals surface area (Å²) in [5.74, 6) is 0.133. The molecule has 0 unspecified atom stereocenters. The number of nitrogens with one attached hydrogen (secondary N) is 1. The van der Waals surface area contributed by atoms with Gasteiger partial charge in [0.15, 0.2) is 5.84 Å². The highest BCUT2D eigenvalue weighted by atomic mass is 16.4. The number of aromatic nitrogens is 2. The summed E-state index contributed by atoms with van der Waals surface area (Å²) in [6.45, 7) is 1.51. The van der Waals surface area contributed by atoms with Gasteiger partial charge in [-0.05, 0) is 11.6 Å². The number of benzene rings is 1. The Kier molecular flexibility index (Phi) is 4.73. The Morgan fingerprint density at radius 3 is 2.90 bits per heavy atom. The predicted octanol–water partition coefficient (Wildman–Crippen LogP) is 0.847. The third kappa shape index (κ3) is 3.36. The van der Waals surface area contributed by atoms with Crippen LogP contribution in [0.5, 0.6) is 0 Å². The van der Waals surface area contributed by atoms with E-state index in [0.717, 1.165) is 24.1 Å². The topological polar surface area (TPSA) is 88.5 Å². The molecule has 0 saturated carbocycles. The zero-order chi connectivity index (χ0) is 14.4. The molecule has 1 heterocycles. The van der Waals surface area contributed by atoms with E-state index in [1.807, 2.05) is 42.1 Å². The third-order valence-electron chi connectivity index (χ3n) is 3.20. The first-order chi connectivity index (χ1) is 9.72. The maximum Gasteiger partial charge on any atom is 0.170 e. The summed E-state index contributed by atoms with van der Waals surface area (Å²) in [5.41, 5.74) is 8.60. The van der Waals surface area contributed by atoms with Gasteiger partial charge >= 0.3 is 0 Å². The van der Waals surface area contributed by atoms with Gasteiger partial charge in [-0.15, -0.1) is 0 Å². The first-order valence-electron chi connectivity index (χ1n) is 6.45. The summed E-state index contributed by atoms with van der Waals surface area (Å²) in [5, 5.41) is 19.3. The molecular weight excluding hydrogens is 254 g/mol. The molecule has 0 bridgehead atoms. The Morgan fingerprint density at radius 1 is 1.40 bits per heavy atom. The molecular formula is C14H19N5O. The molecule has 6 nitrogen and oxygen atoms in total. The largest absolute Gasteiger partial charge is 0.409 e. The van der Waals surface area contributed by atoms with Crippen molar-refractivity contribution in [3.63, 3.8) is 0 Å². The number of aryl methyl sites for hydroxylation is 1. The molecule has 2 aromatic rings. The third-order valence-corrected chi connectivity index (χ3v) is 3.20. The monoisotopic (exact) mass is 273 g/mol. The van der Waals surface area contributed by atoms with Crippen molar-refractivity contribution in [1.82, 2.24) is 15.1 Å². The fraction of sp³-hybridized carbons (Fsp3) is 0.286. The number of nitrogens with zero attached hydrogens (tertiary/aromatic N) is 3. The van der Waals surface area contributed by atoms with Gasteiger partial charge in [0.1, 0.15) is 0 Å². The average Bonchev–Trinajstić information content (AvgIpc) is 2.88. The van der Waals surface area contributed by atoms with E-state index < -0.39 is 0 Å². The van der Waals surface area contributed by atoms with Gasteiger partial charge in [0.05, 0.1) is 0 Å². The Balaban J connectivity index is 1.90. The highest BCUT2D eigenvalue weighted by molar-refractivity contribution is 5.98. The van der Waals surface area contributed by atoms with Gasteiger partial charge in [0, 0.05) is 44.0 Å². The SMILES string of the molecule is Cn1nccc1CCNCc1ccccc1/C(N)=N/O. The lowest BCUT2D eigenvalue weighted by Gasteiger charge is -2.09. The zero-order valence-corrected chi connectivity index (χ0v) is 11.5. The highest BCUT2D eigenvalue weighted by Crippen LogP contribution is 2.08. The first-order valence-corrected chi connectivity index (χ1v) is 6.45. The van der Waals surface area contributed by atoms with E-state index in [0.29, 0.717) is 6.54 Å². The molecule has 4 N–H and O–H groups in total. The second-order valence-electron chi connectivity index (χ2n) is 4.52. The van der Waals surface area contributed by atoms with Crippen molar-refractivity contribution in [3.05, 3.63) is 53.3 Å². The lowest BCUT2D eigenvalue weighted by Crippen LogP contribution is -2.21. The van der Waals surface area contributed by atoms with Crippen LogP contribution in [-0.4, -0.2) is 27.4 Å². The number of amidine groups is 1. The minimum Gasteiger partial charge on any atom is -0.409 e. The molecule has 1 aromatic heterocycles. The van der Waals surface area contributed by atoms with E-state index in [9.17, 15) is 0 Å². The summed E-state index contributed by atoms with van der Waals surface area (Å²) in [6, 6.07) is 9.61. The first kappa shape index (κ1) is 14.1. The summed E-state index contributed by atoms with van der Waals surface area (Å²) in [4.78, 5) is 0. The van der Waals surface area contributed by atoms with Crippen molar-refractivity contribution in [2.75, 3.05) is 6.54 Å². The molecule has 1 aromatic carbocycles. The van der Waals surface area contributed by atoms with Crippen LogP contribution in [0.2, 0.25) is 0 Å². The molecule has 106 valence electrons. The van der Waals surface area contributed by atoms with Crippen LogP contribution in [0.15, 0.2) is 41.7 Å². The lowest BCUT2D eigenvalue weighted by molar-refractivity contribution is 0.318. The standard InChI is InChI=1S/C14H19N5O/c1-19-12(7-9-17-19)6-8-16-10-11-4-2-3-5-13(11)14(15)18-20/h2-5,7,9,16,20H,6,8,10H2,1H3,(H2,15,18). The number of hydrogen-bond acceptors (Lipinski definition) is 4. The summed E-state index contributed by atoms with van der Waals surface area (Å²) in [7, 11) is 1.93. The van der Waals surface area contributed by atoms with E-state index in [1.54, 1.807) is 6.20 Å². The van der Waals surface area contributed by atoms with Crippen LogP contribution < -0.4 is 11.1 Å². The van der Waals surface area contributed by atoms with Crippen LogP contribution in [0.4, 0.5) is 0 Å². The minimum atomic E-state index is 0.133. The van der Waals surface area contributed by atoms with Gasteiger partial charge in [-0.1, -0.05) is 29.4 Å². The molecule has 0 radical (unpaired) electrons. The molecule has 0 saturated heterocycles. The molecule has 6 heteroatoms. The van der Waals surface area contributed by atoms with E-state index in [2.05, 4.69) is 15.6 Å². The van der Waals surface area contributed by atoms with Gasteiger partial charge in [-0.2, -0.15) is 5.10 Å². The van der Waals surface area contributed by atoms with Crippen LogP contribution in [-0.2, 0) is 20.0 Å². The molecule has 2 rings (SSSR count). The van der Waals surface area contributed by atoms with Crippen molar-refractivity contribution in [2.24, 2.45) is 17.9 Å². The smallest absolute Gasteiger partial charge is 0.170 e. The maximum atomic E-state index is 8.77. The number of nitrogens with two attached hydrogens (primary N) is 1. The summed E-state index contributed by atoms with van der Waals surface area (Å²) < 4.78 is 1.87. The normalized spacial score (nSPS) is 11.8. The number of rotatable bonds is 6. The number of oxime groups is 1. The van der Waals surface area contributed by atoms with Crippen LogP contribution in [0.25, 0.3) is 0 Å². The van der Waals surface area contributed by atoms with E-state index >= 15 is 0 Å². The minimum absolute atomic E-state index is 0.133. The van der Waals surface area contributed by atoms with Gasteiger partial charge in [0.25, 0.3) is 0 Å². The van der Waals surface area contributed by atoms with E-state index in [1.165, 1.54) is 5.69 Å². The molecule has 0 aliphatic carbocycles. The Labute approximate surface area is 117 Å². The molecule has 0 amide bonds. The van der Waals surface area contributed by atoms with Crippen molar-refractivity contribution >= 4 is 5.84 Å². The van der Waals surface area contributed by atoms with Gasteiger partial charge in [-0.25, -0.2) is 0 Å². The highest BCUT2D eigenvalue weighted by Gasteiger charge is 2.05. The van der Waals surface area contributed by atoms with Crippen LogP contribution in [0, 0.1) is 0 Å². The fourth-order valence-corrected chi connectivity index (χ4v) is 2.06. The fourth-order valence-electron chi connectivity index (χ4n) is 2.06. The summed E-state index contributed by atoms with van der Waals surface area (Å²) in [6.07, 6.45) is 2.70. The zero-order valence-electron chi connectivity index (χ0n) is 11.5. The maximum absolute atomic E-state index is 8.77. The van der Waals surface area contributed by atoms with Gasteiger partial charge < -0.3 is 16.3 Å². The van der Waals surface area contributed by atoms with E-state index in [4.69, 9.17) is 10.9 Å². The van der Waals surface area contributed by atoms with Gasteiger partial charge in [-0.3, -0.25) is 4.68 Å². The Hall–Kier alpha value is -2.34. The van der Waals surface area contributed by atoms with Crippen LogP contribution >= 0.6 is 0 Å². The Bertz CT molecular complexity index is 591. The molecule has 0 spiro atoms. The second kappa shape index (κ2) is 6.72. The van der Waals surface area contributed by atoms with Crippen molar-refractivity contribution < 1.29 is 5.21 Å². The molecule has 20 heavy (non-hydrogen) atoms. The van der Waals surface area contributed by atoms with Crippen molar-refractivity contribution in [3.8, 4) is 0 Å². The van der Waals surface area contributed by atoms with Crippen molar-refractivity contribution in [1.29, 1.82) is 0 Å². The van der Waals surface area contributed by atoms with Gasteiger partial charge in [0.2, 0.25) is 0 Å². The molecule has 0 aliphatic heterocycles. The van der Waals surface area contributed by atoms with Crippen LogP contribution in [0.1, 0.15) is 16.8 Å². The Morgan fingerprint density at radius 2 is 2.20 bits per heavy atom. The van der Waals surface area contributed by atoms with Crippen molar-refractivity contribution in [2.45, 2.75) is 13.0 Å². The molecule has 0 aliphatic rings. The number of hydrogen-bond donors (Lipinski definition) is 3. The lowest BCUT2D eigenvalue weighted by atomic mass is 10.1. The van der Waals surface area contributed by atoms with E-state index in [-0.39, 0.29) is 5.84 Å². The second-order valence-corrected chi connectivity index (χ2v) is 4.52. The van der Waals surface area contributed by atoms with Crippen LogP contribution in [0.3, 0.4) is 0 Å². The molecule has 0 atom stereocenters.